The van der Waals surface area contributed by atoms with Crippen LogP contribution in [0.1, 0.15) is 16.7 Å². The van der Waals surface area contributed by atoms with E-state index >= 15 is 0 Å². The van der Waals surface area contributed by atoms with Crippen LogP contribution in [0.4, 0.5) is 13.2 Å². The summed E-state index contributed by atoms with van der Waals surface area (Å²) in [6.07, 6.45) is -1.04. The van der Waals surface area contributed by atoms with Crippen LogP contribution in [-0.2, 0) is 10.4 Å². The molecule has 0 bridgehead atoms. The van der Waals surface area contributed by atoms with Gasteiger partial charge in [-0.25, -0.2) is 4.68 Å². The number of hydrogen-bond donors (Lipinski definition) is 1. The second-order valence-electron chi connectivity index (χ2n) is 6.60. The summed E-state index contributed by atoms with van der Waals surface area (Å²) in [5.41, 5.74) is 0.135. The fraction of sp³-hybridized carbons (Fsp3) is 0.100. The zero-order valence-electron chi connectivity index (χ0n) is 15.2. The maximum absolute atomic E-state index is 14.1. The van der Waals surface area contributed by atoms with Crippen LogP contribution in [0.5, 0.6) is 0 Å². The van der Waals surface area contributed by atoms with E-state index in [0.29, 0.717) is 16.3 Å². The van der Waals surface area contributed by atoms with Crippen molar-refractivity contribution in [3.8, 4) is 11.8 Å². The SMILES string of the molecule is N#Cc1cc(C2=CC(c3cc(Cl)cc(Cl)c3)(C(F)(F)F)ON2)ccc1-n1cc(Cl)cn1. The van der Waals surface area contributed by atoms with Crippen LogP contribution in [0, 0.1) is 11.3 Å². The number of alkyl halides is 3. The molecule has 0 amide bonds. The maximum Gasteiger partial charge on any atom is 0.428 e. The Hall–Kier alpha value is -2.70. The van der Waals surface area contributed by atoms with Gasteiger partial charge in [-0.05, 0) is 36.4 Å². The minimum absolute atomic E-state index is 0.0231. The molecule has 4 rings (SSSR count). The van der Waals surface area contributed by atoms with Gasteiger partial charge in [-0.3, -0.25) is 10.3 Å². The number of benzene rings is 2. The molecule has 1 aliphatic heterocycles. The van der Waals surface area contributed by atoms with Gasteiger partial charge in [-0.2, -0.15) is 23.5 Å². The predicted octanol–water partition coefficient (Wildman–Crippen LogP) is 6.04. The summed E-state index contributed by atoms with van der Waals surface area (Å²) >= 11 is 17.7. The lowest BCUT2D eigenvalue weighted by Crippen LogP contribution is -2.42. The van der Waals surface area contributed by atoms with Gasteiger partial charge in [0.1, 0.15) is 6.07 Å². The Balaban J connectivity index is 1.81. The van der Waals surface area contributed by atoms with Gasteiger partial charge < -0.3 is 0 Å². The molecule has 0 radical (unpaired) electrons. The summed E-state index contributed by atoms with van der Waals surface area (Å²) in [5, 5.41) is 14.0. The number of hydrogen-bond acceptors (Lipinski definition) is 4. The topological polar surface area (TPSA) is 62.9 Å². The molecule has 1 N–H and O–H groups in total. The lowest BCUT2D eigenvalue weighted by molar-refractivity contribution is -0.269. The van der Waals surface area contributed by atoms with Crippen LogP contribution in [0.15, 0.2) is 54.9 Å². The third kappa shape index (κ3) is 3.86. The number of halogens is 6. The van der Waals surface area contributed by atoms with Crippen LogP contribution >= 0.6 is 34.8 Å². The van der Waals surface area contributed by atoms with Crippen LogP contribution in [0.25, 0.3) is 11.4 Å². The molecule has 1 aromatic heterocycles. The second-order valence-corrected chi connectivity index (χ2v) is 7.91. The fourth-order valence-corrected chi connectivity index (χ4v) is 3.84. The van der Waals surface area contributed by atoms with E-state index in [0.717, 1.165) is 18.2 Å². The summed E-state index contributed by atoms with van der Waals surface area (Å²) < 4.78 is 43.7. The quantitative estimate of drug-likeness (QED) is 0.491. The highest BCUT2D eigenvalue weighted by atomic mass is 35.5. The first kappa shape index (κ1) is 21.5. The van der Waals surface area contributed by atoms with Gasteiger partial charge in [0.2, 0.25) is 5.60 Å². The van der Waals surface area contributed by atoms with E-state index in [1.807, 2.05) is 6.07 Å². The lowest BCUT2D eigenvalue weighted by Gasteiger charge is -2.28. The molecule has 158 valence electrons. The Morgan fingerprint density at radius 2 is 1.77 bits per heavy atom. The molecule has 1 atom stereocenters. The number of aromatic nitrogens is 2. The average molecular weight is 486 g/mol. The van der Waals surface area contributed by atoms with Crippen molar-refractivity contribution in [2.24, 2.45) is 0 Å². The molecule has 2 heterocycles. The van der Waals surface area contributed by atoms with Crippen molar-refractivity contribution in [2.45, 2.75) is 11.8 Å². The van der Waals surface area contributed by atoms with E-state index in [-0.39, 0.29) is 26.9 Å². The van der Waals surface area contributed by atoms with E-state index in [4.69, 9.17) is 39.6 Å². The highest BCUT2D eigenvalue weighted by molar-refractivity contribution is 6.34. The molecule has 2 aromatic carbocycles. The number of nitrogens with one attached hydrogen (secondary N) is 1. The summed E-state index contributed by atoms with van der Waals surface area (Å²) in [4.78, 5) is 5.06. The Morgan fingerprint density at radius 3 is 2.35 bits per heavy atom. The molecule has 1 aliphatic rings. The Labute approximate surface area is 189 Å². The number of nitrogens with zero attached hydrogens (tertiary/aromatic N) is 3. The molecule has 11 heteroatoms. The zero-order valence-corrected chi connectivity index (χ0v) is 17.5. The van der Waals surface area contributed by atoms with Gasteiger partial charge in [0, 0.05) is 27.4 Å². The second kappa shape index (κ2) is 7.77. The molecular formula is C20H10Cl3F3N4O. The molecule has 0 fully saturated rings. The van der Waals surface area contributed by atoms with Crippen molar-refractivity contribution in [1.82, 2.24) is 15.3 Å². The van der Waals surface area contributed by atoms with E-state index in [9.17, 15) is 18.4 Å². The van der Waals surface area contributed by atoms with Gasteiger partial charge in [0.05, 0.1) is 28.2 Å². The first-order valence-electron chi connectivity index (χ1n) is 8.58. The molecule has 0 saturated carbocycles. The van der Waals surface area contributed by atoms with Crippen molar-refractivity contribution >= 4 is 40.5 Å². The van der Waals surface area contributed by atoms with Crippen molar-refractivity contribution in [3.05, 3.63) is 86.6 Å². The van der Waals surface area contributed by atoms with Gasteiger partial charge in [-0.15, -0.1) is 0 Å². The van der Waals surface area contributed by atoms with E-state index < -0.39 is 11.8 Å². The molecule has 31 heavy (non-hydrogen) atoms. The predicted molar refractivity (Wildman–Crippen MR) is 110 cm³/mol. The van der Waals surface area contributed by atoms with E-state index in [1.165, 1.54) is 35.3 Å². The van der Waals surface area contributed by atoms with Crippen molar-refractivity contribution in [2.75, 3.05) is 0 Å². The number of rotatable bonds is 3. The molecule has 3 aromatic rings. The molecule has 1 unspecified atom stereocenters. The highest BCUT2D eigenvalue weighted by Crippen LogP contribution is 2.48. The molecule has 0 spiro atoms. The first-order chi connectivity index (χ1) is 14.6. The average Bonchev–Trinajstić information content (AvgIpc) is 3.34. The van der Waals surface area contributed by atoms with Crippen molar-refractivity contribution in [1.29, 1.82) is 5.26 Å². The fourth-order valence-electron chi connectivity index (χ4n) is 3.18. The summed E-state index contributed by atoms with van der Waals surface area (Å²) in [6, 6.07) is 10.1. The first-order valence-corrected chi connectivity index (χ1v) is 9.71. The van der Waals surface area contributed by atoms with Crippen LogP contribution < -0.4 is 5.48 Å². The third-order valence-corrected chi connectivity index (χ3v) is 5.24. The summed E-state index contributed by atoms with van der Waals surface area (Å²) in [5.74, 6) is 0. The van der Waals surface area contributed by atoms with Gasteiger partial charge in [0.15, 0.2) is 0 Å². The standard InChI is InChI=1S/C20H10Cl3F3N4O/c21-14-4-13(5-15(22)6-14)19(20(24,25)26)7-17(29-31-19)11-1-2-18(12(3-11)8-27)30-10-16(23)9-28-30/h1-7,9-10,29H. The van der Waals surface area contributed by atoms with Gasteiger partial charge >= 0.3 is 6.18 Å². The summed E-state index contributed by atoms with van der Waals surface area (Å²) in [7, 11) is 0. The monoisotopic (exact) mass is 484 g/mol. The maximum atomic E-state index is 14.1. The van der Waals surface area contributed by atoms with Crippen LogP contribution in [0.2, 0.25) is 15.1 Å². The van der Waals surface area contributed by atoms with Gasteiger partial charge in [0.25, 0.3) is 0 Å². The number of nitriles is 1. The molecule has 0 saturated heterocycles. The third-order valence-electron chi connectivity index (χ3n) is 4.61. The van der Waals surface area contributed by atoms with Crippen molar-refractivity contribution in [3.63, 3.8) is 0 Å². The van der Waals surface area contributed by atoms with E-state index in [1.54, 1.807) is 6.07 Å². The Kier molecular flexibility index (Phi) is 5.40. The summed E-state index contributed by atoms with van der Waals surface area (Å²) in [6.45, 7) is 0. The Morgan fingerprint density at radius 1 is 1.06 bits per heavy atom. The smallest absolute Gasteiger partial charge is 0.265 e. The van der Waals surface area contributed by atoms with Crippen LogP contribution in [0.3, 0.4) is 0 Å². The minimum atomic E-state index is -4.83. The molecular weight excluding hydrogens is 476 g/mol. The minimum Gasteiger partial charge on any atom is -0.265 e. The van der Waals surface area contributed by atoms with E-state index in [2.05, 4.69) is 10.6 Å². The normalized spacial score (nSPS) is 18.4. The van der Waals surface area contributed by atoms with Gasteiger partial charge in [-0.1, -0.05) is 40.9 Å². The molecule has 0 aliphatic carbocycles. The number of hydroxylamine groups is 1. The zero-order chi connectivity index (χ0) is 22.4. The largest absolute Gasteiger partial charge is 0.428 e. The molecule has 5 nitrogen and oxygen atoms in total. The Bertz CT molecular complexity index is 1230. The lowest BCUT2D eigenvalue weighted by atomic mass is 9.91. The van der Waals surface area contributed by atoms with Crippen LogP contribution in [-0.4, -0.2) is 16.0 Å². The highest BCUT2D eigenvalue weighted by Gasteiger charge is 2.59. The van der Waals surface area contributed by atoms with Crippen molar-refractivity contribution < 1.29 is 18.0 Å².